The van der Waals surface area contributed by atoms with Gasteiger partial charge in [-0.1, -0.05) is 20.8 Å². The highest BCUT2D eigenvalue weighted by Crippen LogP contribution is 2.40. The number of aryl methyl sites for hydroxylation is 1. The Morgan fingerprint density at radius 1 is 1.09 bits per heavy atom. The highest BCUT2D eigenvalue weighted by atomic mass is 32.1. The number of thiazole rings is 1. The van der Waals surface area contributed by atoms with Crippen LogP contribution in [0.5, 0.6) is 0 Å². The van der Waals surface area contributed by atoms with Crippen LogP contribution in [0.2, 0.25) is 0 Å². The smallest absolute Gasteiger partial charge is 0.224 e. The van der Waals surface area contributed by atoms with Crippen LogP contribution in [0.1, 0.15) is 46.7 Å². The molecule has 0 spiro atoms. The second kappa shape index (κ2) is 8.99. The van der Waals surface area contributed by atoms with Crippen molar-refractivity contribution in [2.45, 2.75) is 71.8 Å². The van der Waals surface area contributed by atoms with Gasteiger partial charge in [-0.25, -0.2) is 9.97 Å². The van der Waals surface area contributed by atoms with Crippen molar-refractivity contribution in [3.8, 4) is 10.6 Å². The minimum atomic E-state index is -1.12. The molecule has 0 unspecified atom stereocenters. The molecule has 1 aliphatic rings. The van der Waals surface area contributed by atoms with Gasteiger partial charge >= 0.3 is 0 Å². The Kier molecular flexibility index (Phi) is 6.54. The Balaban J connectivity index is 1.74. The molecule has 0 saturated heterocycles. The van der Waals surface area contributed by atoms with Gasteiger partial charge in [0.25, 0.3) is 0 Å². The molecule has 1 saturated carbocycles. The first-order valence-electron chi connectivity index (χ1n) is 11.5. The molecule has 3 aromatic rings. The van der Waals surface area contributed by atoms with Crippen molar-refractivity contribution in [1.29, 1.82) is 0 Å². The average Bonchev–Trinajstić information content (AvgIpc) is 3.27. The van der Waals surface area contributed by atoms with Gasteiger partial charge < -0.3 is 26.0 Å². The van der Waals surface area contributed by atoms with E-state index in [1.165, 1.54) is 11.3 Å². The molecular formula is C24H34N6O3S. The number of aliphatic hydroxyl groups is 3. The van der Waals surface area contributed by atoms with E-state index in [-0.39, 0.29) is 5.41 Å². The summed E-state index contributed by atoms with van der Waals surface area (Å²) in [4.78, 5) is 18.3. The van der Waals surface area contributed by atoms with E-state index in [4.69, 9.17) is 9.97 Å². The Labute approximate surface area is 203 Å². The third kappa shape index (κ3) is 5.14. The van der Waals surface area contributed by atoms with Crippen LogP contribution in [0.3, 0.4) is 0 Å². The fraction of sp³-hybridized carbons (Fsp3) is 0.583. The fourth-order valence-corrected chi connectivity index (χ4v) is 5.33. The van der Waals surface area contributed by atoms with E-state index < -0.39 is 29.8 Å². The van der Waals surface area contributed by atoms with Gasteiger partial charge in [-0.15, -0.1) is 11.3 Å². The summed E-state index contributed by atoms with van der Waals surface area (Å²) in [6, 6.07) is 1.43. The van der Waals surface area contributed by atoms with Crippen molar-refractivity contribution in [2.24, 2.45) is 11.3 Å². The number of aliphatic hydroxyl groups excluding tert-OH is 2. The number of hydrogen-bond acceptors (Lipinski definition) is 10. The van der Waals surface area contributed by atoms with Gasteiger partial charge in [0.15, 0.2) is 0 Å². The van der Waals surface area contributed by atoms with Gasteiger partial charge in [-0.05, 0) is 38.7 Å². The predicted molar refractivity (Wildman–Crippen MR) is 135 cm³/mol. The van der Waals surface area contributed by atoms with E-state index >= 15 is 0 Å². The summed E-state index contributed by atoms with van der Waals surface area (Å²) in [5.41, 5.74) is 1.20. The summed E-state index contributed by atoms with van der Waals surface area (Å²) >= 11 is 1.52. The quantitative estimate of drug-likeness (QED) is 0.356. The normalized spacial score (nSPS) is 23.4. The molecule has 0 amide bonds. The number of aromatic nitrogens is 4. The van der Waals surface area contributed by atoms with Gasteiger partial charge in [0.1, 0.15) is 22.4 Å². The van der Waals surface area contributed by atoms with E-state index in [1.54, 1.807) is 26.2 Å². The molecule has 1 aliphatic carbocycles. The van der Waals surface area contributed by atoms with Gasteiger partial charge in [0.2, 0.25) is 5.95 Å². The summed E-state index contributed by atoms with van der Waals surface area (Å²) in [6.07, 6.45) is 1.76. The number of hydrogen-bond donors (Lipinski definition) is 5. The Morgan fingerprint density at radius 2 is 1.82 bits per heavy atom. The maximum absolute atomic E-state index is 10.8. The van der Waals surface area contributed by atoms with Crippen LogP contribution in [0, 0.1) is 18.3 Å². The van der Waals surface area contributed by atoms with Gasteiger partial charge in [0.05, 0.1) is 39.9 Å². The molecule has 0 aliphatic heterocycles. The molecular weight excluding hydrogens is 452 g/mol. The molecule has 9 nitrogen and oxygen atoms in total. The summed E-state index contributed by atoms with van der Waals surface area (Å²) in [7, 11) is 0. The average molecular weight is 487 g/mol. The third-order valence-electron chi connectivity index (χ3n) is 6.18. The zero-order valence-electron chi connectivity index (χ0n) is 20.5. The van der Waals surface area contributed by atoms with Crippen LogP contribution in [0.15, 0.2) is 18.5 Å². The molecule has 34 heavy (non-hydrogen) atoms. The molecule has 0 radical (unpaired) electrons. The topological polar surface area (TPSA) is 136 Å². The second-order valence-corrected chi connectivity index (χ2v) is 11.9. The molecule has 0 aromatic carbocycles. The fourth-order valence-electron chi connectivity index (χ4n) is 4.30. The molecule has 5 N–H and O–H groups in total. The lowest BCUT2D eigenvalue weighted by atomic mass is 9.88. The predicted octanol–water partition coefficient (Wildman–Crippen LogP) is 3.21. The van der Waals surface area contributed by atoms with Gasteiger partial charge in [-0.2, -0.15) is 4.98 Å². The van der Waals surface area contributed by atoms with Crippen molar-refractivity contribution in [3.63, 3.8) is 0 Å². The number of nitrogens with one attached hydrogen (secondary N) is 2. The SMILES string of the molecule is Cc1nc(NCC(C)(C)C)nc(N[C@@H]2C[C@H](C(C)(C)O)[C@@H](O)[C@H]2O)c1-c1nc2cnccc2s1. The van der Waals surface area contributed by atoms with Crippen LogP contribution in [-0.2, 0) is 0 Å². The Morgan fingerprint density at radius 3 is 2.44 bits per heavy atom. The largest absolute Gasteiger partial charge is 0.390 e. The Bertz CT molecular complexity index is 1140. The molecule has 1 fully saturated rings. The van der Waals surface area contributed by atoms with Crippen molar-refractivity contribution in [2.75, 3.05) is 17.2 Å². The molecule has 3 aromatic heterocycles. The third-order valence-corrected chi connectivity index (χ3v) is 7.24. The number of rotatable bonds is 6. The molecule has 10 heteroatoms. The maximum atomic E-state index is 10.8. The summed E-state index contributed by atoms with van der Waals surface area (Å²) in [5.74, 6) is 0.537. The zero-order valence-corrected chi connectivity index (χ0v) is 21.3. The van der Waals surface area contributed by atoms with E-state index in [9.17, 15) is 15.3 Å². The first-order chi connectivity index (χ1) is 15.8. The maximum Gasteiger partial charge on any atom is 0.224 e. The first-order valence-corrected chi connectivity index (χ1v) is 12.3. The summed E-state index contributed by atoms with van der Waals surface area (Å²) in [5, 5.41) is 39.3. The van der Waals surface area contributed by atoms with Crippen LogP contribution in [0.4, 0.5) is 11.8 Å². The molecule has 184 valence electrons. The molecule has 3 heterocycles. The number of nitrogens with zero attached hydrogens (tertiary/aromatic N) is 4. The van der Waals surface area contributed by atoms with Gasteiger partial charge in [0, 0.05) is 18.7 Å². The highest BCUT2D eigenvalue weighted by molar-refractivity contribution is 7.21. The van der Waals surface area contributed by atoms with E-state index in [0.29, 0.717) is 24.7 Å². The van der Waals surface area contributed by atoms with E-state index in [2.05, 4.69) is 41.4 Å². The highest BCUT2D eigenvalue weighted by Gasteiger charge is 2.48. The van der Waals surface area contributed by atoms with Crippen LogP contribution < -0.4 is 10.6 Å². The Hall–Kier alpha value is -2.40. The van der Waals surface area contributed by atoms with Crippen molar-refractivity contribution >= 4 is 33.3 Å². The van der Waals surface area contributed by atoms with Crippen LogP contribution in [-0.4, -0.2) is 65.7 Å². The minimum Gasteiger partial charge on any atom is -0.390 e. The lowest BCUT2D eigenvalue weighted by molar-refractivity contribution is -0.0601. The first kappa shape index (κ1) is 24.7. The van der Waals surface area contributed by atoms with Crippen LogP contribution in [0.25, 0.3) is 20.8 Å². The molecule has 0 bridgehead atoms. The standard InChI is InChI=1S/C24H34N6O3S/c1-12-17(21-29-15-10-25-8-7-16(15)34-21)20(30-22(27-12)26-11-23(2,3)4)28-14-9-13(24(5,6)33)18(31)19(14)32/h7-8,10,13-14,18-19,31-33H,9,11H2,1-6H3,(H2,26,27,28,30)/t13-,14+,18+,19-/m0/s1. The summed E-state index contributed by atoms with van der Waals surface area (Å²) in [6.45, 7) is 12.3. The summed E-state index contributed by atoms with van der Waals surface area (Å²) < 4.78 is 1.00. The number of anilines is 2. The van der Waals surface area contributed by atoms with Crippen molar-refractivity contribution in [1.82, 2.24) is 19.9 Å². The van der Waals surface area contributed by atoms with E-state index in [0.717, 1.165) is 26.5 Å². The molecule has 4 atom stereocenters. The number of fused-ring (bicyclic) bond motifs is 1. The van der Waals surface area contributed by atoms with Crippen LogP contribution >= 0.6 is 11.3 Å². The van der Waals surface area contributed by atoms with Crippen molar-refractivity contribution < 1.29 is 15.3 Å². The van der Waals surface area contributed by atoms with Gasteiger partial charge in [-0.3, -0.25) is 4.98 Å². The monoisotopic (exact) mass is 486 g/mol. The lowest BCUT2D eigenvalue weighted by Crippen LogP contribution is -2.40. The van der Waals surface area contributed by atoms with E-state index in [1.807, 2.05) is 13.0 Å². The van der Waals surface area contributed by atoms with Crippen molar-refractivity contribution in [3.05, 3.63) is 24.2 Å². The minimum absolute atomic E-state index is 0.0370. The zero-order chi connectivity index (χ0) is 24.8. The second-order valence-electron chi connectivity index (χ2n) is 10.9. The number of pyridine rings is 1. The molecule has 4 rings (SSSR count). The lowest BCUT2D eigenvalue weighted by Gasteiger charge is -2.28.